The van der Waals surface area contributed by atoms with Crippen molar-refractivity contribution in [2.45, 2.75) is 6.36 Å². The van der Waals surface area contributed by atoms with E-state index in [1.807, 2.05) is 65.1 Å². The van der Waals surface area contributed by atoms with E-state index in [1.54, 1.807) is 4.57 Å². The summed E-state index contributed by atoms with van der Waals surface area (Å²) in [5, 5.41) is -0.160. The second-order valence-electron chi connectivity index (χ2n) is 5.78. The molecule has 0 atom stereocenters. The fourth-order valence-corrected chi connectivity index (χ4v) is 3.74. The lowest BCUT2D eigenvalue weighted by Gasteiger charge is -2.12. The minimum Gasteiger partial charge on any atom is -0.404 e. The zero-order valence-corrected chi connectivity index (χ0v) is 16.8. The van der Waals surface area contributed by atoms with Crippen molar-refractivity contribution < 1.29 is 17.9 Å². The lowest BCUT2D eigenvalue weighted by Crippen LogP contribution is -2.17. The van der Waals surface area contributed by atoms with Crippen molar-refractivity contribution in [2.75, 3.05) is 0 Å². The molecule has 0 spiro atoms. The van der Waals surface area contributed by atoms with E-state index in [2.05, 4.69) is 9.72 Å². The van der Waals surface area contributed by atoms with Crippen LogP contribution in [0.1, 0.15) is 0 Å². The molecule has 0 bridgehead atoms. The number of ether oxygens (including phenoxy) is 1. The molecule has 28 heavy (non-hydrogen) atoms. The Labute approximate surface area is 176 Å². The maximum atomic E-state index is 12.5. The normalized spacial score (nSPS) is 11.8. The van der Waals surface area contributed by atoms with Gasteiger partial charge in [0.2, 0.25) is 0 Å². The van der Waals surface area contributed by atoms with Crippen molar-refractivity contribution in [3.63, 3.8) is 0 Å². The molecular formula is C19H10ClF3IN3O. The Bertz CT molecular complexity index is 1160. The second-order valence-corrected chi connectivity index (χ2v) is 7.16. The lowest BCUT2D eigenvalue weighted by molar-refractivity contribution is -0.274. The molecule has 0 saturated carbocycles. The molecule has 142 valence electrons. The minimum absolute atomic E-state index is 0.160. The molecule has 0 fully saturated rings. The second kappa shape index (κ2) is 7.25. The summed E-state index contributed by atoms with van der Waals surface area (Å²) in [6, 6.07) is 17.4. The lowest BCUT2D eigenvalue weighted by atomic mass is 10.1. The Hall–Kier alpha value is -2.33. The van der Waals surface area contributed by atoms with Gasteiger partial charge < -0.3 is 4.74 Å². The first-order valence-electron chi connectivity index (χ1n) is 7.98. The molecule has 0 aliphatic heterocycles. The standard InChI is InChI=1S/C19H10ClF3IN3O/c20-13-10-12(6-9-16(13)28-19(21,22)23)27-17-15(26-18(27)24)8-7-14(25-17)11-4-2-1-3-5-11/h1-10H. The number of nitrogens with zero attached hydrogens (tertiary/aromatic N) is 3. The van der Waals surface area contributed by atoms with Gasteiger partial charge in [-0.2, -0.15) is 0 Å². The molecule has 0 amide bonds. The highest BCUT2D eigenvalue weighted by Gasteiger charge is 2.32. The highest BCUT2D eigenvalue weighted by Crippen LogP contribution is 2.33. The summed E-state index contributed by atoms with van der Waals surface area (Å²) in [7, 11) is 0. The first-order valence-corrected chi connectivity index (χ1v) is 9.43. The number of aromatic nitrogens is 3. The fourth-order valence-electron chi connectivity index (χ4n) is 2.76. The van der Waals surface area contributed by atoms with E-state index >= 15 is 0 Å². The number of fused-ring (bicyclic) bond motifs is 1. The molecule has 2 aromatic carbocycles. The van der Waals surface area contributed by atoms with Gasteiger partial charge in [-0.3, -0.25) is 4.57 Å². The predicted molar refractivity (Wildman–Crippen MR) is 109 cm³/mol. The van der Waals surface area contributed by atoms with E-state index < -0.39 is 12.1 Å². The SMILES string of the molecule is FC(F)(F)Oc1ccc(-n2c(I)nc3ccc(-c4ccccc4)nc32)cc1Cl. The van der Waals surface area contributed by atoms with Crippen LogP contribution in [0.3, 0.4) is 0 Å². The summed E-state index contributed by atoms with van der Waals surface area (Å²) in [6.07, 6.45) is -4.81. The average Bonchev–Trinajstić information content (AvgIpc) is 2.98. The number of rotatable bonds is 3. The number of pyridine rings is 1. The molecule has 0 radical (unpaired) electrons. The summed E-state index contributed by atoms with van der Waals surface area (Å²) in [5.41, 5.74) is 3.47. The zero-order chi connectivity index (χ0) is 19.9. The molecule has 0 aliphatic rings. The highest BCUT2D eigenvalue weighted by atomic mass is 127. The third-order valence-electron chi connectivity index (χ3n) is 3.93. The van der Waals surface area contributed by atoms with Crippen LogP contribution in [-0.4, -0.2) is 20.9 Å². The molecule has 2 aromatic heterocycles. The Balaban J connectivity index is 1.82. The number of benzene rings is 2. The summed E-state index contributed by atoms with van der Waals surface area (Å²) in [6.45, 7) is 0. The average molecular weight is 516 g/mol. The number of hydrogen-bond acceptors (Lipinski definition) is 3. The van der Waals surface area contributed by atoms with E-state index in [9.17, 15) is 13.2 Å². The van der Waals surface area contributed by atoms with Crippen LogP contribution in [0.25, 0.3) is 28.1 Å². The molecule has 0 aliphatic carbocycles. The molecule has 0 saturated heterocycles. The maximum Gasteiger partial charge on any atom is 0.573 e. The van der Waals surface area contributed by atoms with E-state index in [-0.39, 0.29) is 5.02 Å². The topological polar surface area (TPSA) is 39.9 Å². The van der Waals surface area contributed by atoms with Crippen LogP contribution in [0.15, 0.2) is 60.7 Å². The highest BCUT2D eigenvalue weighted by molar-refractivity contribution is 14.1. The van der Waals surface area contributed by atoms with Crippen LogP contribution in [0.5, 0.6) is 5.75 Å². The summed E-state index contributed by atoms with van der Waals surface area (Å²) >= 11 is 8.04. The van der Waals surface area contributed by atoms with Gasteiger partial charge in [0.25, 0.3) is 0 Å². The molecule has 0 N–H and O–H groups in total. The summed E-state index contributed by atoms with van der Waals surface area (Å²) in [5.74, 6) is -0.463. The number of halogens is 5. The van der Waals surface area contributed by atoms with Gasteiger partial charge in [0.05, 0.1) is 16.4 Å². The van der Waals surface area contributed by atoms with Crippen LogP contribution in [0, 0.1) is 3.83 Å². The van der Waals surface area contributed by atoms with Crippen molar-refractivity contribution in [1.82, 2.24) is 14.5 Å². The monoisotopic (exact) mass is 515 g/mol. The van der Waals surface area contributed by atoms with Crippen LogP contribution in [0.4, 0.5) is 13.2 Å². The fraction of sp³-hybridized carbons (Fsp3) is 0.0526. The van der Waals surface area contributed by atoms with Crippen molar-refractivity contribution in [3.8, 4) is 22.7 Å². The van der Waals surface area contributed by atoms with Crippen LogP contribution in [-0.2, 0) is 0 Å². The predicted octanol–water partition coefficient (Wildman–Crippen LogP) is 6.24. The van der Waals surface area contributed by atoms with Crippen molar-refractivity contribution in [2.24, 2.45) is 0 Å². The third-order valence-corrected chi connectivity index (χ3v) is 4.95. The Morgan fingerprint density at radius 1 is 0.964 bits per heavy atom. The van der Waals surface area contributed by atoms with Gasteiger partial charge in [0.1, 0.15) is 11.3 Å². The smallest absolute Gasteiger partial charge is 0.404 e. The van der Waals surface area contributed by atoms with Gasteiger partial charge in [-0.15, -0.1) is 13.2 Å². The van der Waals surface area contributed by atoms with Crippen molar-refractivity contribution >= 4 is 45.4 Å². The molecule has 4 rings (SSSR count). The summed E-state index contributed by atoms with van der Waals surface area (Å²) < 4.78 is 43.7. The van der Waals surface area contributed by atoms with Crippen molar-refractivity contribution in [3.05, 3.63) is 69.5 Å². The van der Waals surface area contributed by atoms with Gasteiger partial charge in [-0.25, -0.2) is 9.97 Å². The number of hydrogen-bond donors (Lipinski definition) is 0. The molecule has 9 heteroatoms. The maximum absolute atomic E-state index is 12.5. The first-order chi connectivity index (χ1) is 13.3. The van der Waals surface area contributed by atoms with Gasteiger partial charge in [-0.1, -0.05) is 41.9 Å². The van der Waals surface area contributed by atoms with Crippen molar-refractivity contribution in [1.29, 1.82) is 0 Å². The van der Waals surface area contributed by atoms with E-state index in [1.165, 1.54) is 18.2 Å². The Kier molecular flexibility index (Phi) is 4.92. The molecule has 2 heterocycles. The quantitative estimate of drug-likeness (QED) is 0.303. The van der Waals surface area contributed by atoms with Gasteiger partial charge in [0.15, 0.2) is 9.48 Å². The third kappa shape index (κ3) is 3.79. The van der Waals surface area contributed by atoms with E-state index in [0.29, 0.717) is 20.7 Å². The molecule has 4 aromatic rings. The zero-order valence-electron chi connectivity index (χ0n) is 13.9. The summed E-state index contributed by atoms with van der Waals surface area (Å²) in [4.78, 5) is 9.16. The molecule has 0 unspecified atom stereocenters. The molecular weight excluding hydrogens is 506 g/mol. The number of imidazole rings is 1. The Morgan fingerprint density at radius 2 is 1.71 bits per heavy atom. The molecule has 4 nitrogen and oxygen atoms in total. The van der Waals surface area contributed by atoms with Gasteiger partial charge >= 0.3 is 6.36 Å². The largest absolute Gasteiger partial charge is 0.573 e. The minimum atomic E-state index is -4.81. The van der Waals surface area contributed by atoms with Crippen LogP contribution < -0.4 is 4.74 Å². The van der Waals surface area contributed by atoms with Crippen LogP contribution in [0.2, 0.25) is 5.02 Å². The van der Waals surface area contributed by atoms with E-state index in [4.69, 9.17) is 16.6 Å². The van der Waals surface area contributed by atoms with Gasteiger partial charge in [0, 0.05) is 28.2 Å². The number of alkyl halides is 3. The Morgan fingerprint density at radius 3 is 2.39 bits per heavy atom. The van der Waals surface area contributed by atoms with E-state index in [0.717, 1.165) is 11.3 Å². The van der Waals surface area contributed by atoms with Gasteiger partial charge in [-0.05, 0) is 30.3 Å². The van der Waals surface area contributed by atoms with Crippen LogP contribution >= 0.6 is 34.2 Å². The first kappa shape index (κ1) is 19.0.